The van der Waals surface area contributed by atoms with Gasteiger partial charge < -0.3 is 15.1 Å². The van der Waals surface area contributed by atoms with Gasteiger partial charge in [0.25, 0.3) is 0 Å². The van der Waals surface area contributed by atoms with Crippen molar-refractivity contribution in [3.63, 3.8) is 0 Å². The Morgan fingerprint density at radius 3 is 2.76 bits per heavy atom. The highest BCUT2D eigenvalue weighted by atomic mass is 32.1. The Hall–Kier alpha value is -1.50. The molecule has 2 N–H and O–H groups in total. The lowest BCUT2D eigenvalue weighted by Crippen LogP contribution is -2.47. The minimum absolute atomic E-state index is 0.191. The number of carbonyl (C=O) groups excluding carboxylic acids is 2. The molecule has 0 saturated heterocycles. The van der Waals surface area contributed by atoms with E-state index in [1.54, 1.807) is 13.1 Å². The Morgan fingerprint density at radius 1 is 1.59 bits per heavy atom. The summed E-state index contributed by atoms with van der Waals surface area (Å²) in [4.78, 5) is 26.4. The highest BCUT2D eigenvalue weighted by Gasteiger charge is 2.17. The van der Waals surface area contributed by atoms with E-state index >= 15 is 0 Å². The summed E-state index contributed by atoms with van der Waals surface area (Å²) in [5.74, 6) is 0.756. The predicted molar refractivity (Wildman–Crippen MR) is 64.5 cm³/mol. The van der Waals surface area contributed by atoms with Crippen LogP contribution >= 0.6 is 12.6 Å². The van der Waals surface area contributed by atoms with Gasteiger partial charge in [-0.3, -0.25) is 9.59 Å². The van der Waals surface area contributed by atoms with Gasteiger partial charge in [0.2, 0.25) is 17.7 Å². The first-order valence-electron chi connectivity index (χ1n) is 5.10. The number of thiol groups is 1. The number of oxazole rings is 1. The molecule has 0 spiro atoms. The van der Waals surface area contributed by atoms with Crippen LogP contribution in [0.4, 0.5) is 0 Å². The zero-order valence-electron chi connectivity index (χ0n) is 9.69. The van der Waals surface area contributed by atoms with Crippen molar-refractivity contribution in [3.8, 4) is 0 Å². The van der Waals surface area contributed by atoms with Crippen molar-refractivity contribution >= 4 is 24.4 Å². The summed E-state index contributed by atoms with van der Waals surface area (Å²) in [6.07, 6.45) is 1.57. The maximum absolute atomic E-state index is 11.6. The molecule has 0 aromatic carbocycles. The summed E-state index contributed by atoms with van der Waals surface area (Å²) in [5, 5.41) is 5.10. The van der Waals surface area contributed by atoms with Crippen LogP contribution < -0.4 is 10.6 Å². The van der Waals surface area contributed by atoms with Gasteiger partial charge in [-0.2, -0.15) is 12.6 Å². The number of carbonyl (C=O) groups is 2. The van der Waals surface area contributed by atoms with Crippen molar-refractivity contribution in [1.29, 1.82) is 0 Å². The van der Waals surface area contributed by atoms with Crippen molar-refractivity contribution < 1.29 is 14.0 Å². The molecule has 7 heteroatoms. The molecule has 2 amide bonds. The third-order valence-corrected chi connectivity index (χ3v) is 2.32. The van der Waals surface area contributed by atoms with Crippen molar-refractivity contribution in [1.82, 2.24) is 15.6 Å². The summed E-state index contributed by atoms with van der Waals surface area (Å²) in [6.45, 7) is 3.31. The van der Waals surface area contributed by atoms with Crippen molar-refractivity contribution in [2.75, 3.05) is 5.75 Å². The molecule has 94 valence electrons. The van der Waals surface area contributed by atoms with E-state index in [0.717, 1.165) is 0 Å². The number of nitrogens with one attached hydrogen (secondary N) is 2. The first kappa shape index (κ1) is 13.6. The Morgan fingerprint density at radius 2 is 2.29 bits per heavy atom. The molecule has 0 radical (unpaired) electrons. The van der Waals surface area contributed by atoms with E-state index in [1.165, 1.54) is 6.92 Å². The number of hydrogen-bond acceptors (Lipinski definition) is 5. The van der Waals surface area contributed by atoms with Gasteiger partial charge in [0.05, 0.1) is 12.7 Å². The van der Waals surface area contributed by atoms with Crippen LogP contribution in [0, 0.1) is 6.92 Å². The molecule has 0 saturated carbocycles. The Labute approximate surface area is 105 Å². The lowest BCUT2D eigenvalue weighted by atomic mass is 10.3. The van der Waals surface area contributed by atoms with Gasteiger partial charge in [-0.1, -0.05) is 0 Å². The van der Waals surface area contributed by atoms with Crippen LogP contribution in [0.15, 0.2) is 10.6 Å². The fourth-order valence-electron chi connectivity index (χ4n) is 1.21. The minimum atomic E-state index is -0.646. The van der Waals surface area contributed by atoms with Crippen LogP contribution in [0.25, 0.3) is 0 Å². The van der Waals surface area contributed by atoms with E-state index in [2.05, 4.69) is 28.2 Å². The summed E-state index contributed by atoms with van der Waals surface area (Å²) in [5.41, 5.74) is 0. The molecule has 0 bridgehead atoms. The molecule has 17 heavy (non-hydrogen) atoms. The second-order valence-corrected chi connectivity index (χ2v) is 3.88. The molecule has 1 rings (SSSR count). The van der Waals surface area contributed by atoms with Crippen molar-refractivity contribution in [2.24, 2.45) is 0 Å². The van der Waals surface area contributed by atoms with E-state index in [1.807, 2.05) is 0 Å². The van der Waals surface area contributed by atoms with Gasteiger partial charge in [0.1, 0.15) is 11.8 Å². The summed E-state index contributed by atoms with van der Waals surface area (Å²) >= 11 is 4.00. The summed E-state index contributed by atoms with van der Waals surface area (Å²) < 4.78 is 5.20. The van der Waals surface area contributed by atoms with Gasteiger partial charge in [0.15, 0.2) is 0 Å². The first-order valence-corrected chi connectivity index (χ1v) is 5.73. The molecule has 0 aliphatic heterocycles. The van der Waals surface area contributed by atoms with Crippen LogP contribution in [0.5, 0.6) is 0 Å². The highest BCUT2D eigenvalue weighted by Crippen LogP contribution is 2.00. The number of hydrogen-bond donors (Lipinski definition) is 3. The van der Waals surface area contributed by atoms with Gasteiger partial charge in [-0.05, 0) is 6.92 Å². The maximum atomic E-state index is 11.6. The lowest BCUT2D eigenvalue weighted by Gasteiger charge is -2.14. The largest absolute Gasteiger partial charge is 0.444 e. The monoisotopic (exact) mass is 257 g/mol. The van der Waals surface area contributed by atoms with Crippen LogP contribution in [-0.2, 0) is 16.1 Å². The van der Waals surface area contributed by atoms with Gasteiger partial charge in [-0.25, -0.2) is 4.98 Å². The van der Waals surface area contributed by atoms with E-state index in [0.29, 0.717) is 11.7 Å². The first-order chi connectivity index (χ1) is 8.02. The molecule has 0 fully saturated rings. The lowest BCUT2D eigenvalue weighted by molar-refractivity contribution is -0.127. The van der Waals surface area contributed by atoms with Crippen LogP contribution in [0.1, 0.15) is 18.6 Å². The number of nitrogens with zero attached hydrogens (tertiary/aromatic N) is 1. The molecule has 1 unspecified atom stereocenters. The van der Waals surface area contributed by atoms with Crippen molar-refractivity contribution in [3.05, 3.63) is 17.8 Å². The molecule has 1 atom stereocenters. The predicted octanol–water partition coefficient (Wildman–Crippen LogP) is 0.0337. The van der Waals surface area contributed by atoms with Crippen LogP contribution in [-0.4, -0.2) is 28.6 Å². The second-order valence-electron chi connectivity index (χ2n) is 3.52. The average molecular weight is 257 g/mol. The van der Waals surface area contributed by atoms with Gasteiger partial charge >= 0.3 is 0 Å². The zero-order valence-corrected chi connectivity index (χ0v) is 10.6. The van der Waals surface area contributed by atoms with E-state index in [9.17, 15) is 9.59 Å². The maximum Gasteiger partial charge on any atom is 0.243 e. The molecule has 6 nitrogen and oxygen atoms in total. The average Bonchev–Trinajstić information content (AvgIpc) is 2.68. The molecule has 1 aromatic heterocycles. The number of aryl methyl sites for hydroxylation is 1. The van der Waals surface area contributed by atoms with E-state index in [4.69, 9.17) is 4.42 Å². The fourth-order valence-corrected chi connectivity index (χ4v) is 1.47. The third kappa shape index (κ3) is 4.48. The van der Waals surface area contributed by atoms with E-state index < -0.39 is 6.04 Å². The number of amides is 2. The third-order valence-electron chi connectivity index (χ3n) is 1.96. The van der Waals surface area contributed by atoms with E-state index in [-0.39, 0.29) is 24.1 Å². The SMILES string of the molecule is CC(=O)NC(CS)C(=O)NCc1ncc(C)o1. The molecular formula is C10H15N3O3S. The Bertz CT molecular complexity index is 405. The molecule has 1 aromatic rings. The number of rotatable bonds is 5. The quantitative estimate of drug-likeness (QED) is 0.650. The highest BCUT2D eigenvalue weighted by molar-refractivity contribution is 7.80. The summed E-state index contributed by atoms with van der Waals surface area (Å²) in [6, 6.07) is -0.646. The molecular weight excluding hydrogens is 242 g/mol. The topological polar surface area (TPSA) is 84.2 Å². The smallest absolute Gasteiger partial charge is 0.243 e. The second kappa shape index (κ2) is 6.29. The van der Waals surface area contributed by atoms with Gasteiger partial charge in [-0.15, -0.1) is 0 Å². The Balaban J connectivity index is 2.44. The fraction of sp³-hybridized carbons (Fsp3) is 0.500. The zero-order chi connectivity index (χ0) is 12.8. The van der Waals surface area contributed by atoms with Crippen LogP contribution in [0.3, 0.4) is 0 Å². The standard InChI is InChI=1S/C10H15N3O3S/c1-6-3-11-9(16-6)4-12-10(15)8(5-17)13-7(2)14/h3,8,17H,4-5H2,1-2H3,(H,12,15)(H,13,14). The molecule has 1 heterocycles. The molecule has 0 aliphatic carbocycles. The number of aromatic nitrogens is 1. The molecule has 0 aliphatic rings. The summed E-state index contributed by atoms with van der Waals surface area (Å²) in [7, 11) is 0. The van der Waals surface area contributed by atoms with Gasteiger partial charge in [0, 0.05) is 12.7 Å². The van der Waals surface area contributed by atoms with Crippen molar-refractivity contribution in [2.45, 2.75) is 26.4 Å². The minimum Gasteiger partial charge on any atom is -0.444 e. The van der Waals surface area contributed by atoms with Crippen LogP contribution in [0.2, 0.25) is 0 Å². The normalized spacial score (nSPS) is 11.9. The Kier molecular flexibility index (Phi) is 5.02.